The average molecular weight is 895 g/mol. The summed E-state index contributed by atoms with van der Waals surface area (Å²) < 4.78 is 16.8. The predicted molar refractivity (Wildman–Crippen MR) is 275 cm³/mol. The first kappa shape index (κ1) is 61.1. The van der Waals surface area contributed by atoms with Crippen molar-refractivity contribution in [2.75, 3.05) is 13.2 Å². The quantitative estimate of drug-likeness (QED) is 0.0199. The van der Waals surface area contributed by atoms with Gasteiger partial charge in [0.05, 0.1) is 0 Å². The first-order chi connectivity index (χ1) is 31.5. The molecule has 0 aliphatic carbocycles. The zero-order valence-corrected chi connectivity index (χ0v) is 42.3. The van der Waals surface area contributed by atoms with Crippen LogP contribution in [-0.2, 0) is 28.6 Å². The zero-order valence-electron chi connectivity index (χ0n) is 42.3. The molecule has 0 aromatic carbocycles. The van der Waals surface area contributed by atoms with Crippen LogP contribution in [0.3, 0.4) is 0 Å². The van der Waals surface area contributed by atoms with Gasteiger partial charge in [-0.3, -0.25) is 14.4 Å². The Balaban J connectivity index is 4.37. The minimum Gasteiger partial charge on any atom is -0.462 e. The number of allylic oxidation sites excluding steroid dienone is 10. The van der Waals surface area contributed by atoms with Crippen molar-refractivity contribution in [1.82, 2.24) is 0 Å². The van der Waals surface area contributed by atoms with Crippen molar-refractivity contribution >= 4 is 17.9 Å². The van der Waals surface area contributed by atoms with Gasteiger partial charge in [0.2, 0.25) is 0 Å². The molecule has 0 aliphatic heterocycles. The third kappa shape index (κ3) is 50.1. The molecule has 0 aromatic heterocycles. The normalized spacial score (nSPS) is 12.5. The van der Waals surface area contributed by atoms with Gasteiger partial charge in [0.15, 0.2) is 6.10 Å². The molecule has 0 saturated heterocycles. The Morgan fingerprint density at radius 2 is 0.562 bits per heavy atom. The molecule has 0 N–H and O–H groups in total. The fraction of sp³-hybridized carbons (Fsp3) is 0.776. The Bertz CT molecular complexity index is 1170. The molecule has 1 unspecified atom stereocenters. The summed E-state index contributed by atoms with van der Waals surface area (Å²) in [5.74, 6) is -0.901. The Kier molecular flexibility index (Phi) is 50.4. The molecule has 370 valence electrons. The summed E-state index contributed by atoms with van der Waals surface area (Å²) in [5, 5.41) is 0. The first-order valence-electron chi connectivity index (χ1n) is 27.3. The molecule has 6 heteroatoms. The van der Waals surface area contributed by atoms with Gasteiger partial charge in [-0.2, -0.15) is 0 Å². The van der Waals surface area contributed by atoms with Crippen molar-refractivity contribution in [2.24, 2.45) is 0 Å². The molecule has 0 bridgehead atoms. The van der Waals surface area contributed by atoms with Crippen LogP contribution in [0, 0.1) is 0 Å². The average Bonchev–Trinajstić information content (AvgIpc) is 3.29. The van der Waals surface area contributed by atoms with Crippen LogP contribution in [-0.4, -0.2) is 37.2 Å². The van der Waals surface area contributed by atoms with Crippen LogP contribution >= 0.6 is 0 Å². The molecular formula is C58H102O6. The second-order valence-electron chi connectivity index (χ2n) is 18.2. The third-order valence-electron chi connectivity index (χ3n) is 11.8. The Labute approximate surface area is 396 Å². The Morgan fingerprint density at radius 1 is 0.312 bits per heavy atom. The maximum atomic E-state index is 12.8. The topological polar surface area (TPSA) is 78.9 Å². The summed E-state index contributed by atoms with van der Waals surface area (Å²) in [7, 11) is 0. The summed E-state index contributed by atoms with van der Waals surface area (Å²) in [6.45, 7) is 6.55. The lowest BCUT2D eigenvalue weighted by Gasteiger charge is -2.18. The molecule has 0 heterocycles. The molecule has 0 aromatic rings. The van der Waals surface area contributed by atoms with Crippen molar-refractivity contribution in [3.63, 3.8) is 0 Å². The highest BCUT2D eigenvalue weighted by atomic mass is 16.6. The van der Waals surface area contributed by atoms with E-state index in [4.69, 9.17) is 14.2 Å². The van der Waals surface area contributed by atoms with E-state index in [1.807, 2.05) is 0 Å². The molecule has 64 heavy (non-hydrogen) atoms. The summed E-state index contributed by atoms with van der Waals surface area (Å²) >= 11 is 0. The SMILES string of the molecule is CCCCC/C=C\C=C/CCCCCCCCCCCCC(=O)OCC(COC(=O)CCCCCCC/C=C\CCCCC)OC(=O)CCCCCCCC/C=C\C=C/CCCCC. The summed E-state index contributed by atoms with van der Waals surface area (Å²) in [6.07, 6.45) is 64.8. The Hall–Kier alpha value is -2.89. The van der Waals surface area contributed by atoms with Crippen molar-refractivity contribution in [3.05, 3.63) is 60.8 Å². The summed E-state index contributed by atoms with van der Waals surface area (Å²) in [6, 6.07) is 0. The van der Waals surface area contributed by atoms with Crippen LogP contribution in [0.25, 0.3) is 0 Å². The van der Waals surface area contributed by atoms with Crippen molar-refractivity contribution < 1.29 is 28.6 Å². The van der Waals surface area contributed by atoms with Gasteiger partial charge < -0.3 is 14.2 Å². The summed E-state index contributed by atoms with van der Waals surface area (Å²) in [5.41, 5.74) is 0. The molecule has 0 spiro atoms. The molecule has 0 rings (SSSR count). The fourth-order valence-corrected chi connectivity index (χ4v) is 7.59. The number of esters is 3. The highest BCUT2D eigenvalue weighted by Gasteiger charge is 2.19. The lowest BCUT2D eigenvalue weighted by molar-refractivity contribution is -0.167. The fourth-order valence-electron chi connectivity index (χ4n) is 7.59. The minimum absolute atomic E-state index is 0.0829. The molecule has 0 radical (unpaired) electrons. The highest BCUT2D eigenvalue weighted by Crippen LogP contribution is 2.15. The minimum atomic E-state index is -0.784. The van der Waals surface area contributed by atoms with Crippen molar-refractivity contribution in [1.29, 1.82) is 0 Å². The van der Waals surface area contributed by atoms with E-state index in [2.05, 4.69) is 81.5 Å². The van der Waals surface area contributed by atoms with Gasteiger partial charge in [-0.25, -0.2) is 0 Å². The number of ether oxygens (including phenoxy) is 3. The second kappa shape index (κ2) is 52.7. The maximum Gasteiger partial charge on any atom is 0.306 e. The van der Waals surface area contributed by atoms with Crippen molar-refractivity contribution in [2.45, 2.75) is 277 Å². The van der Waals surface area contributed by atoms with Crippen LogP contribution in [0.2, 0.25) is 0 Å². The van der Waals surface area contributed by atoms with Crippen LogP contribution in [0.1, 0.15) is 271 Å². The lowest BCUT2D eigenvalue weighted by atomic mass is 10.1. The van der Waals surface area contributed by atoms with Crippen LogP contribution < -0.4 is 0 Å². The van der Waals surface area contributed by atoms with E-state index in [0.29, 0.717) is 19.3 Å². The lowest BCUT2D eigenvalue weighted by Crippen LogP contribution is -2.30. The third-order valence-corrected chi connectivity index (χ3v) is 11.8. The van der Waals surface area contributed by atoms with Gasteiger partial charge in [0, 0.05) is 19.3 Å². The molecule has 0 amide bonds. The number of hydrogen-bond acceptors (Lipinski definition) is 6. The van der Waals surface area contributed by atoms with Crippen LogP contribution in [0.5, 0.6) is 0 Å². The maximum absolute atomic E-state index is 12.8. The number of rotatable bonds is 49. The van der Waals surface area contributed by atoms with Gasteiger partial charge in [-0.15, -0.1) is 0 Å². The molecule has 0 saturated carbocycles. The van der Waals surface area contributed by atoms with Crippen LogP contribution in [0.4, 0.5) is 0 Å². The van der Waals surface area contributed by atoms with Gasteiger partial charge in [-0.05, 0) is 96.3 Å². The monoisotopic (exact) mass is 895 g/mol. The molecule has 1 atom stereocenters. The van der Waals surface area contributed by atoms with Gasteiger partial charge in [0.1, 0.15) is 13.2 Å². The Morgan fingerprint density at radius 3 is 0.875 bits per heavy atom. The van der Waals surface area contributed by atoms with E-state index in [1.54, 1.807) is 0 Å². The molecule has 6 nitrogen and oxygen atoms in total. The van der Waals surface area contributed by atoms with E-state index in [9.17, 15) is 14.4 Å². The standard InChI is InChI=1S/C58H102O6/c1-4-7-10-13-16-19-22-25-27-28-29-30-32-33-36-39-42-45-48-51-57(60)63-54-55(53-62-56(59)50-47-44-41-38-35-24-21-18-15-12-9-6-3)64-58(61)52-49-46-43-40-37-34-31-26-23-20-17-14-11-8-5-2/h16-23,25-26,55H,4-15,24,27-54H2,1-3H3/b19-16-,20-17-,21-18-,25-22-,26-23-. The van der Waals surface area contributed by atoms with E-state index in [-0.39, 0.29) is 31.1 Å². The number of carbonyl (C=O) groups excluding carboxylic acids is 3. The highest BCUT2D eigenvalue weighted by molar-refractivity contribution is 5.71. The number of carbonyl (C=O) groups is 3. The van der Waals surface area contributed by atoms with Crippen LogP contribution in [0.15, 0.2) is 60.8 Å². The first-order valence-corrected chi connectivity index (χ1v) is 27.3. The van der Waals surface area contributed by atoms with Gasteiger partial charge in [-0.1, -0.05) is 216 Å². The number of hydrogen-bond donors (Lipinski definition) is 0. The van der Waals surface area contributed by atoms with E-state index >= 15 is 0 Å². The predicted octanol–water partition coefficient (Wildman–Crippen LogP) is 18.0. The second-order valence-corrected chi connectivity index (χ2v) is 18.2. The zero-order chi connectivity index (χ0) is 46.5. The van der Waals surface area contributed by atoms with E-state index in [0.717, 1.165) is 77.0 Å². The molecular weight excluding hydrogens is 793 g/mol. The molecule has 0 fully saturated rings. The molecule has 0 aliphatic rings. The van der Waals surface area contributed by atoms with E-state index in [1.165, 1.54) is 154 Å². The smallest absolute Gasteiger partial charge is 0.306 e. The summed E-state index contributed by atoms with van der Waals surface area (Å²) in [4.78, 5) is 38.0. The number of unbranched alkanes of at least 4 members (excludes halogenated alkanes) is 30. The van der Waals surface area contributed by atoms with E-state index < -0.39 is 6.10 Å². The van der Waals surface area contributed by atoms with Gasteiger partial charge >= 0.3 is 17.9 Å². The largest absolute Gasteiger partial charge is 0.462 e. The van der Waals surface area contributed by atoms with Crippen molar-refractivity contribution in [3.8, 4) is 0 Å². The van der Waals surface area contributed by atoms with Gasteiger partial charge in [0.25, 0.3) is 0 Å².